The van der Waals surface area contributed by atoms with Crippen molar-refractivity contribution >= 4 is 35.0 Å². The molecule has 3 aliphatic heterocycles. The second-order valence-electron chi connectivity index (χ2n) is 10.9. The van der Waals surface area contributed by atoms with Crippen LogP contribution >= 0.6 is 11.8 Å². The van der Waals surface area contributed by atoms with E-state index in [0.29, 0.717) is 6.54 Å². The number of hydrogen-bond acceptors (Lipinski definition) is 8. The Bertz CT molecular complexity index is 1450. The van der Waals surface area contributed by atoms with Crippen LogP contribution < -0.4 is 15.1 Å². The van der Waals surface area contributed by atoms with Gasteiger partial charge in [-0.1, -0.05) is 43.8 Å². The van der Waals surface area contributed by atoms with Gasteiger partial charge in [0.05, 0.1) is 40.4 Å². The van der Waals surface area contributed by atoms with Gasteiger partial charge >= 0.3 is 0 Å². The summed E-state index contributed by atoms with van der Waals surface area (Å²) in [7, 11) is 2.19. The third-order valence-electron chi connectivity index (χ3n) is 8.54. The highest BCUT2D eigenvalue weighted by Crippen LogP contribution is 2.59. The molecule has 0 aliphatic carbocycles. The maximum absolute atomic E-state index is 14.2. The zero-order valence-electron chi connectivity index (χ0n) is 23.8. The van der Waals surface area contributed by atoms with Crippen molar-refractivity contribution in [3.05, 3.63) is 76.3 Å². The van der Waals surface area contributed by atoms with Gasteiger partial charge in [0.2, 0.25) is 0 Å². The van der Waals surface area contributed by atoms with Gasteiger partial charge in [0.1, 0.15) is 11.6 Å². The van der Waals surface area contributed by atoms with Crippen LogP contribution in [-0.4, -0.2) is 59.0 Å². The fraction of sp³-hybridized carbons (Fsp3) is 0.419. The summed E-state index contributed by atoms with van der Waals surface area (Å²) in [4.78, 5) is 36.5. The number of anilines is 3. The van der Waals surface area contributed by atoms with Crippen LogP contribution in [0.2, 0.25) is 0 Å². The second kappa shape index (κ2) is 10.9. The lowest BCUT2D eigenvalue weighted by Crippen LogP contribution is -2.43. The number of carbonyl (C=O) groups excluding carboxylic acids is 1. The molecule has 0 radical (unpaired) electrons. The number of aromatic nitrogens is 3. The minimum Gasteiger partial charge on any atom is -0.355 e. The molecule has 6 rings (SSSR count). The number of hydrogen-bond donors (Lipinski definition) is 1. The van der Waals surface area contributed by atoms with Gasteiger partial charge in [-0.3, -0.25) is 19.7 Å². The first-order valence-electron chi connectivity index (χ1n) is 14.3. The van der Waals surface area contributed by atoms with E-state index in [-0.39, 0.29) is 5.91 Å². The average molecular weight is 556 g/mol. The SMILES string of the molecule is CCC1(CC)C(C(=O)NCc2cnc(C)cn2)=C2Sc3ccccc3N2c2nc(N3CCCN(C)CC3)ccc21. The molecule has 1 fully saturated rings. The molecule has 40 heavy (non-hydrogen) atoms. The normalized spacial score (nSPS) is 18.2. The predicted octanol–water partition coefficient (Wildman–Crippen LogP) is 5.17. The monoisotopic (exact) mass is 555 g/mol. The summed E-state index contributed by atoms with van der Waals surface area (Å²) in [6.07, 6.45) is 6.18. The fourth-order valence-corrected chi connectivity index (χ4v) is 7.49. The lowest BCUT2D eigenvalue weighted by atomic mass is 9.68. The van der Waals surface area contributed by atoms with Crippen LogP contribution in [0.3, 0.4) is 0 Å². The molecule has 8 nitrogen and oxygen atoms in total. The summed E-state index contributed by atoms with van der Waals surface area (Å²) in [5.41, 5.74) is 4.16. The molecule has 0 atom stereocenters. The third kappa shape index (κ3) is 4.55. The smallest absolute Gasteiger partial charge is 0.251 e. The lowest BCUT2D eigenvalue weighted by molar-refractivity contribution is -0.118. The topological polar surface area (TPSA) is 77.5 Å². The molecule has 0 unspecified atom stereocenters. The Labute approximate surface area is 240 Å². The molecule has 2 aromatic heterocycles. The number of fused-ring (bicyclic) bond motifs is 5. The van der Waals surface area contributed by atoms with E-state index in [4.69, 9.17) is 4.98 Å². The summed E-state index contributed by atoms with van der Waals surface area (Å²) in [6.45, 7) is 10.7. The largest absolute Gasteiger partial charge is 0.355 e. The average Bonchev–Trinajstić information content (AvgIpc) is 3.22. The number of benzene rings is 1. The van der Waals surface area contributed by atoms with E-state index in [0.717, 1.165) is 95.2 Å². The number of aryl methyl sites for hydroxylation is 1. The summed E-state index contributed by atoms with van der Waals surface area (Å²) in [5, 5.41) is 4.15. The Morgan fingerprint density at radius 1 is 1.02 bits per heavy atom. The first-order valence-corrected chi connectivity index (χ1v) is 15.1. The van der Waals surface area contributed by atoms with Gasteiger partial charge in [0, 0.05) is 41.7 Å². The van der Waals surface area contributed by atoms with Crippen molar-refractivity contribution in [1.82, 2.24) is 25.2 Å². The number of pyridine rings is 1. The highest BCUT2D eigenvalue weighted by Gasteiger charge is 2.49. The van der Waals surface area contributed by atoms with Crippen LogP contribution in [0.5, 0.6) is 0 Å². The fourth-order valence-electron chi connectivity index (χ4n) is 6.20. The number of amides is 1. The van der Waals surface area contributed by atoms with E-state index >= 15 is 0 Å². The van der Waals surface area contributed by atoms with Crippen LogP contribution in [0, 0.1) is 6.92 Å². The van der Waals surface area contributed by atoms with E-state index in [2.05, 4.69) is 87.3 Å². The highest BCUT2D eigenvalue weighted by atomic mass is 32.2. The van der Waals surface area contributed by atoms with Gasteiger partial charge in [-0.25, -0.2) is 4.98 Å². The molecule has 1 aromatic carbocycles. The Morgan fingerprint density at radius 3 is 2.62 bits per heavy atom. The standard InChI is InChI=1S/C31H37N7OS/c1-5-31(6-2)23-12-13-26(37-15-9-14-36(4)16-17-37)35-28(23)38-24-10-7-8-11-25(24)40-30(38)27(31)29(39)34-20-22-19-32-21(3)18-33-22/h7-8,10-13,18-19H,5-6,9,14-17,20H2,1-4H3,(H,34,39). The number of nitrogens with zero attached hydrogens (tertiary/aromatic N) is 6. The molecule has 3 aliphatic rings. The van der Waals surface area contributed by atoms with E-state index in [9.17, 15) is 4.79 Å². The van der Waals surface area contributed by atoms with Gasteiger partial charge in [-0.2, -0.15) is 0 Å². The van der Waals surface area contributed by atoms with Crippen LogP contribution in [-0.2, 0) is 16.8 Å². The minimum atomic E-state index is -0.455. The Kier molecular flexibility index (Phi) is 7.27. The van der Waals surface area contributed by atoms with E-state index < -0.39 is 5.41 Å². The van der Waals surface area contributed by atoms with Crippen molar-refractivity contribution in [2.24, 2.45) is 0 Å². The number of likely N-dealkylation sites (N-methyl/N-ethyl adjacent to an activating group) is 1. The van der Waals surface area contributed by atoms with Crippen molar-refractivity contribution in [2.75, 3.05) is 43.0 Å². The first-order chi connectivity index (χ1) is 19.4. The van der Waals surface area contributed by atoms with Gasteiger partial charge in [0.15, 0.2) is 0 Å². The lowest BCUT2D eigenvalue weighted by Gasteiger charge is -2.43. The molecule has 1 amide bonds. The first kappa shape index (κ1) is 26.8. The second-order valence-corrected chi connectivity index (χ2v) is 11.9. The molecule has 5 heterocycles. The zero-order valence-corrected chi connectivity index (χ0v) is 24.6. The Balaban J connectivity index is 1.45. The molecule has 1 saturated heterocycles. The van der Waals surface area contributed by atoms with Crippen molar-refractivity contribution in [1.29, 1.82) is 0 Å². The molecule has 3 aromatic rings. The van der Waals surface area contributed by atoms with E-state index in [1.807, 2.05) is 6.92 Å². The van der Waals surface area contributed by atoms with Crippen LogP contribution in [0.15, 0.2) is 64.3 Å². The van der Waals surface area contributed by atoms with Crippen LogP contribution in [0.1, 0.15) is 50.1 Å². The van der Waals surface area contributed by atoms with E-state index in [1.54, 1.807) is 24.2 Å². The Hall–Kier alpha value is -3.43. The number of rotatable bonds is 6. The van der Waals surface area contributed by atoms with Crippen LogP contribution in [0.4, 0.5) is 17.3 Å². The quantitative estimate of drug-likeness (QED) is 0.447. The van der Waals surface area contributed by atoms with Crippen LogP contribution in [0.25, 0.3) is 0 Å². The van der Waals surface area contributed by atoms with Gasteiger partial charge in [0.25, 0.3) is 5.91 Å². The number of thioether (sulfide) groups is 1. The van der Waals surface area contributed by atoms with Gasteiger partial charge in [-0.05, 0) is 58.0 Å². The highest BCUT2D eigenvalue weighted by molar-refractivity contribution is 8.03. The maximum Gasteiger partial charge on any atom is 0.251 e. The molecule has 1 N–H and O–H groups in total. The predicted molar refractivity (Wildman–Crippen MR) is 161 cm³/mol. The molecule has 208 valence electrons. The van der Waals surface area contributed by atoms with Crippen molar-refractivity contribution < 1.29 is 4.79 Å². The minimum absolute atomic E-state index is 0.0586. The van der Waals surface area contributed by atoms with Crippen molar-refractivity contribution in [3.8, 4) is 0 Å². The summed E-state index contributed by atoms with van der Waals surface area (Å²) >= 11 is 1.68. The zero-order chi connectivity index (χ0) is 27.9. The number of para-hydroxylation sites is 1. The summed E-state index contributed by atoms with van der Waals surface area (Å²) in [6, 6.07) is 12.8. The summed E-state index contributed by atoms with van der Waals surface area (Å²) < 4.78 is 0. The molecule has 0 bridgehead atoms. The maximum atomic E-state index is 14.2. The number of nitrogens with one attached hydrogen (secondary N) is 1. The summed E-state index contributed by atoms with van der Waals surface area (Å²) in [5.74, 6) is 1.90. The molecule has 9 heteroatoms. The number of carbonyl (C=O) groups is 1. The van der Waals surface area contributed by atoms with Gasteiger partial charge < -0.3 is 15.1 Å². The van der Waals surface area contributed by atoms with Crippen molar-refractivity contribution in [2.45, 2.75) is 56.9 Å². The van der Waals surface area contributed by atoms with E-state index in [1.165, 1.54) is 0 Å². The van der Waals surface area contributed by atoms with Gasteiger partial charge in [-0.15, -0.1) is 0 Å². The molecular formula is C31H37N7OS. The Morgan fingerprint density at radius 2 is 1.85 bits per heavy atom. The molecule has 0 spiro atoms. The molecular weight excluding hydrogens is 518 g/mol. The molecule has 0 saturated carbocycles. The third-order valence-corrected chi connectivity index (χ3v) is 9.68. The van der Waals surface area contributed by atoms with Crippen molar-refractivity contribution in [3.63, 3.8) is 0 Å².